The zero-order valence-electron chi connectivity index (χ0n) is 9.79. The number of methoxy groups -OCH3 is 1. The first-order chi connectivity index (χ1) is 7.13. The van der Waals surface area contributed by atoms with E-state index >= 15 is 0 Å². The van der Waals surface area contributed by atoms with E-state index in [0.717, 1.165) is 11.5 Å². The molecule has 0 saturated carbocycles. The molecule has 0 saturated heterocycles. The summed E-state index contributed by atoms with van der Waals surface area (Å²) in [6.07, 6.45) is 0. The van der Waals surface area contributed by atoms with E-state index in [4.69, 9.17) is 4.74 Å². The van der Waals surface area contributed by atoms with E-state index in [-0.39, 0.29) is 0 Å². The van der Waals surface area contributed by atoms with Crippen molar-refractivity contribution in [2.45, 2.75) is 19.9 Å². The summed E-state index contributed by atoms with van der Waals surface area (Å²) in [5, 5.41) is 3.26. The van der Waals surface area contributed by atoms with Crippen LogP contribution in [-0.4, -0.2) is 19.9 Å². The molecule has 1 unspecified atom stereocenters. The highest BCUT2D eigenvalue weighted by Gasteiger charge is 2.12. The van der Waals surface area contributed by atoms with Crippen LogP contribution in [0.1, 0.15) is 22.7 Å². The third-order valence-corrected chi connectivity index (χ3v) is 3.06. The second kappa shape index (κ2) is 5.42. The molecule has 1 N–H and O–H groups in total. The molecule has 0 heterocycles. The molecular weight excluding hydrogens is 206 g/mol. The summed E-state index contributed by atoms with van der Waals surface area (Å²) in [6, 6.07) is 4.56. The Morgan fingerprint density at radius 2 is 2.00 bits per heavy atom. The third-order valence-electron chi connectivity index (χ3n) is 2.69. The van der Waals surface area contributed by atoms with Crippen LogP contribution in [0.3, 0.4) is 0 Å². The molecule has 1 rings (SSSR count). The van der Waals surface area contributed by atoms with Crippen molar-refractivity contribution in [3.05, 3.63) is 28.8 Å². The van der Waals surface area contributed by atoms with Gasteiger partial charge in [0.2, 0.25) is 0 Å². The molecule has 15 heavy (non-hydrogen) atoms. The van der Waals surface area contributed by atoms with Crippen LogP contribution in [0.5, 0.6) is 5.75 Å². The summed E-state index contributed by atoms with van der Waals surface area (Å²) < 4.78 is 5.29. The minimum atomic E-state index is 0.304. The molecule has 1 aromatic rings. The number of aryl methyl sites for hydroxylation is 2. The van der Waals surface area contributed by atoms with Gasteiger partial charge in [-0.3, -0.25) is 0 Å². The Hall–Kier alpha value is -0.670. The molecule has 0 aliphatic carbocycles. The molecule has 0 bridgehead atoms. The molecule has 2 nitrogen and oxygen atoms in total. The Morgan fingerprint density at radius 1 is 1.33 bits per heavy atom. The second-order valence-corrected chi connectivity index (χ2v) is 4.07. The first kappa shape index (κ1) is 12.4. The minimum Gasteiger partial charge on any atom is -0.496 e. The molecule has 3 heteroatoms. The molecule has 1 aromatic carbocycles. The Kier molecular flexibility index (Phi) is 4.48. The van der Waals surface area contributed by atoms with Crippen molar-refractivity contribution in [1.82, 2.24) is 5.32 Å². The number of benzene rings is 1. The predicted molar refractivity (Wildman–Crippen MR) is 68.1 cm³/mol. The van der Waals surface area contributed by atoms with Crippen molar-refractivity contribution < 1.29 is 4.74 Å². The molecule has 0 spiro atoms. The monoisotopic (exact) mass is 225 g/mol. The zero-order valence-corrected chi connectivity index (χ0v) is 10.7. The van der Waals surface area contributed by atoms with E-state index in [9.17, 15) is 0 Å². The first-order valence-electron chi connectivity index (χ1n) is 5.07. The highest BCUT2D eigenvalue weighted by molar-refractivity contribution is 7.80. The number of thiol groups is 1. The largest absolute Gasteiger partial charge is 0.496 e. The quantitative estimate of drug-likeness (QED) is 0.768. The SMILES string of the molecule is CNC(CS)c1cc(C)c(OC)cc1C. The minimum absolute atomic E-state index is 0.304. The van der Waals surface area contributed by atoms with E-state index in [1.54, 1.807) is 7.11 Å². The number of ether oxygens (including phenoxy) is 1. The second-order valence-electron chi connectivity index (χ2n) is 3.70. The predicted octanol–water partition coefficient (Wildman–Crippen LogP) is 2.50. The first-order valence-corrected chi connectivity index (χ1v) is 5.70. The lowest BCUT2D eigenvalue weighted by Gasteiger charge is -2.18. The summed E-state index contributed by atoms with van der Waals surface area (Å²) >= 11 is 4.34. The standard InChI is InChI=1S/C12H19NOS/c1-8-6-12(14-4)9(2)5-10(8)11(7-15)13-3/h5-6,11,13,15H,7H2,1-4H3. The molecule has 0 aliphatic rings. The lowest BCUT2D eigenvalue weighted by atomic mass is 9.99. The maximum atomic E-state index is 5.29. The van der Waals surface area contributed by atoms with Gasteiger partial charge in [-0.25, -0.2) is 0 Å². The Balaban J connectivity index is 3.14. The average molecular weight is 225 g/mol. The van der Waals surface area contributed by atoms with Crippen molar-refractivity contribution in [3.8, 4) is 5.75 Å². The Bertz CT molecular complexity index is 335. The summed E-state index contributed by atoms with van der Waals surface area (Å²) in [7, 11) is 3.66. The normalized spacial score (nSPS) is 12.6. The van der Waals surface area contributed by atoms with Gasteiger partial charge in [-0.1, -0.05) is 6.07 Å². The van der Waals surface area contributed by atoms with Gasteiger partial charge in [0.15, 0.2) is 0 Å². The summed E-state index contributed by atoms with van der Waals surface area (Å²) in [5.74, 6) is 1.74. The van der Waals surface area contributed by atoms with Gasteiger partial charge in [0, 0.05) is 11.8 Å². The van der Waals surface area contributed by atoms with Crippen molar-refractivity contribution >= 4 is 12.6 Å². The smallest absolute Gasteiger partial charge is 0.122 e. The van der Waals surface area contributed by atoms with E-state index < -0.39 is 0 Å². The summed E-state index contributed by atoms with van der Waals surface area (Å²) in [4.78, 5) is 0. The topological polar surface area (TPSA) is 21.3 Å². The molecule has 0 radical (unpaired) electrons. The van der Waals surface area contributed by atoms with Crippen LogP contribution in [-0.2, 0) is 0 Å². The van der Waals surface area contributed by atoms with E-state index in [0.29, 0.717) is 6.04 Å². The maximum Gasteiger partial charge on any atom is 0.122 e. The van der Waals surface area contributed by atoms with Crippen LogP contribution in [0.15, 0.2) is 12.1 Å². The number of nitrogens with one attached hydrogen (secondary N) is 1. The molecule has 0 aromatic heterocycles. The van der Waals surface area contributed by atoms with Gasteiger partial charge in [0.25, 0.3) is 0 Å². The van der Waals surface area contributed by atoms with Gasteiger partial charge in [-0.05, 0) is 43.7 Å². The summed E-state index contributed by atoms with van der Waals surface area (Å²) in [6.45, 7) is 4.16. The van der Waals surface area contributed by atoms with Crippen molar-refractivity contribution in [2.24, 2.45) is 0 Å². The highest BCUT2D eigenvalue weighted by atomic mass is 32.1. The highest BCUT2D eigenvalue weighted by Crippen LogP contribution is 2.26. The molecule has 0 aliphatic heterocycles. The third kappa shape index (κ3) is 2.67. The van der Waals surface area contributed by atoms with E-state index in [2.05, 4.69) is 43.9 Å². The van der Waals surface area contributed by atoms with Gasteiger partial charge in [0.05, 0.1) is 7.11 Å². The Labute approximate surface area is 97.4 Å². The van der Waals surface area contributed by atoms with Crippen LogP contribution in [0.25, 0.3) is 0 Å². The average Bonchev–Trinajstić information content (AvgIpc) is 2.24. The van der Waals surface area contributed by atoms with E-state index in [1.165, 1.54) is 16.7 Å². The number of hydrogen-bond donors (Lipinski definition) is 2. The van der Waals surface area contributed by atoms with Gasteiger partial charge in [0.1, 0.15) is 5.75 Å². The summed E-state index contributed by atoms with van der Waals surface area (Å²) in [5.41, 5.74) is 3.71. The zero-order chi connectivity index (χ0) is 11.4. The van der Waals surface area contributed by atoms with Crippen molar-refractivity contribution in [3.63, 3.8) is 0 Å². The fourth-order valence-electron chi connectivity index (χ4n) is 1.75. The Morgan fingerprint density at radius 3 is 2.47 bits per heavy atom. The molecule has 1 atom stereocenters. The van der Waals surface area contributed by atoms with Crippen molar-refractivity contribution in [1.29, 1.82) is 0 Å². The number of rotatable bonds is 4. The lowest BCUT2D eigenvalue weighted by Crippen LogP contribution is -2.19. The molecule has 0 fully saturated rings. The molecular formula is C12H19NOS. The maximum absolute atomic E-state index is 5.29. The fourth-order valence-corrected chi connectivity index (χ4v) is 2.13. The van der Waals surface area contributed by atoms with Gasteiger partial charge < -0.3 is 10.1 Å². The van der Waals surface area contributed by atoms with Crippen molar-refractivity contribution in [2.75, 3.05) is 19.9 Å². The van der Waals surface area contributed by atoms with Crippen LogP contribution in [0.4, 0.5) is 0 Å². The van der Waals surface area contributed by atoms with Crippen LogP contribution < -0.4 is 10.1 Å². The van der Waals surface area contributed by atoms with Crippen LogP contribution in [0, 0.1) is 13.8 Å². The van der Waals surface area contributed by atoms with Crippen LogP contribution >= 0.6 is 12.6 Å². The van der Waals surface area contributed by atoms with Crippen LogP contribution in [0.2, 0.25) is 0 Å². The number of hydrogen-bond acceptors (Lipinski definition) is 3. The lowest BCUT2D eigenvalue weighted by molar-refractivity contribution is 0.411. The fraction of sp³-hybridized carbons (Fsp3) is 0.500. The van der Waals surface area contributed by atoms with E-state index in [1.807, 2.05) is 7.05 Å². The van der Waals surface area contributed by atoms with Gasteiger partial charge in [-0.15, -0.1) is 0 Å². The molecule has 84 valence electrons. The molecule has 0 amide bonds. The van der Waals surface area contributed by atoms with Gasteiger partial charge in [-0.2, -0.15) is 12.6 Å². The van der Waals surface area contributed by atoms with Gasteiger partial charge >= 0.3 is 0 Å².